The maximum atomic E-state index is 13.8. The standard InChI is InChI=1S/C29H27ClN4O4/c1-36-24-9-3-21(4-10-24)25-17-26(34(31-25)23-7-5-22(30)6-8-23)29(35)33-14-12-32(13-15-33)18-20-2-11-27-28(16-20)38-19-37-27/h2-11,16-17H,12-15,18-19H2,1H3. The summed E-state index contributed by atoms with van der Waals surface area (Å²) >= 11 is 6.12. The van der Waals surface area contributed by atoms with Crippen LogP contribution in [0.5, 0.6) is 17.2 Å². The Bertz CT molecular complexity index is 1440. The van der Waals surface area contributed by atoms with Crippen LogP contribution in [0.4, 0.5) is 0 Å². The summed E-state index contributed by atoms with van der Waals surface area (Å²) in [5, 5.41) is 5.43. The summed E-state index contributed by atoms with van der Waals surface area (Å²) in [4.78, 5) is 18.0. The zero-order valence-corrected chi connectivity index (χ0v) is 21.7. The molecule has 0 radical (unpaired) electrons. The quantitative estimate of drug-likeness (QED) is 0.354. The molecule has 1 amide bonds. The highest BCUT2D eigenvalue weighted by atomic mass is 35.5. The maximum absolute atomic E-state index is 13.8. The molecular weight excluding hydrogens is 504 g/mol. The molecule has 0 aliphatic carbocycles. The van der Waals surface area contributed by atoms with Gasteiger partial charge in [0, 0.05) is 43.3 Å². The van der Waals surface area contributed by atoms with Gasteiger partial charge in [-0.2, -0.15) is 5.10 Å². The van der Waals surface area contributed by atoms with Crippen LogP contribution in [0.15, 0.2) is 72.8 Å². The van der Waals surface area contributed by atoms with E-state index in [4.69, 9.17) is 30.9 Å². The maximum Gasteiger partial charge on any atom is 0.272 e. The minimum atomic E-state index is -0.0464. The summed E-state index contributed by atoms with van der Waals surface area (Å²) in [5.41, 5.74) is 4.08. The van der Waals surface area contributed by atoms with Gasteiger partial charge in [-0.25, -0.2) is 4.68 Å². The predicted molar refractivity (Wildman–Crippen MR) is 144 cm³/mol. The molecule has 0 bridgehead atoms. The van der Waals surface area contributed by atoms with Gasteiger partial charge in [0.25, 0.3) is 5.91 Å². The number of carbonyl (C=O) groups is 1. The van der Waals surface area contributed by atoms with Gasteiger partial charge in [0.2, 0.25) is 6.79 Å². The number of methoxy groups -OCH3 is 1. The molecule has 1 fully saturated rings. The van der Waals surface area contributed by atoms with E-state index in [0.717, 1.165) is 48.1 Å². The molecule has 8 nitrogen and oxygen atoms in total. The Kier molecular flexibility index (Phi) is 6.66. The van der Waals surface area contributed by atoms with Crippen molar-refractivity contribution in [1.82, 2.24) is 19.6 Å². The molecule has 2 aliphatic rings. The van der Waals surface area contributed by atoms with Crippen LogP contribution in [0.3, 0.4) is 0 Å². The predicted octanol–water partition coefficient (Wildman–Crippen LogP) is 4.89. The van der Waals surface area contributed by atoms with Crippen LogP contribution in [-0.4, -0.2) is 65.6 Å². The largest absolute Gasteiger partial charge is 0.497 e. The van der Waals surface area contributed by atoms with Crippen LogP contribution < -0.4 is 14.2 Å². The Morgan fingerprint density at radius 1 is 0.921 bits per heavy atom. The highest BCUT2D eigenvalue weighted by Crippen LogP contribution is 2.33. The zero-order chi connectivity index (χ0) is 26.1. The average molecular weight is 531 g/mol. The second-order valence-electron chi connectivity index (χ2n) is 9.29. The van der Waals surface area contributed by atoms with Crippen LogP contribution in [0.25, 0.3) is 16.9 Å². The average Bonchev–Trinajstić information content (AvgIpc) is 3.61. The van der Waals surface area contributed by atoms with Gasteiger partial charge in [-0.1, -0.05) is 17.7 Å². The van der Waals surface area contributed by atoms with E-state index in [-0.39, 0.29) is 12.7 Å². The van der Waals surface area contributed by atoms with Crippen molar-refractivity contribution < 1.29 is 19.0 Å². The molecule has 0 saturated carbocycles. The molecule has 3 heterocycles. The molecule has 0 N–H and O–H groups in total. The van der Waals surface area contributed by atoms with Gasteiger partial charge < -0.3 is 19.1 Å². The third-order valence-corrected chi connectivity index (χ3v) is 7.14. The minimum Gasteiger partial charge on any atom is -0.497 e. The number of hydrogen-bond acceptors (Lipinski definition) is 6. The number of amides is 1. The number of halogens is 1. The molecule has 1 aromatic heterocycles. The zero-order valence-electron chi connectivity index (χ0n) is 21.0. The van der Waals surface area contributed by atoms with Crippen LogP contribution in [-0.2, 0) is 6.54 Å². The molecule has 6 rings (SSSR count). The number of nitrogens with zero attached hydrogens (tertiary/aromatic N) is 4. The molecule has 4 aromatic rings. The highest BCUT2D eigenvalue weighted by molar-refractivity contribution is 6.30. The van der Waals surface area contributed by atoms with Gasteiger partial charge >= 0.3 is 0 Å². The Labute approximate surface area is 225 Å². The number of carbonyl (C=O) groups excluding carboxylic acids is 1. The summed E-state index contributed by atoms with van der Waals surface area (Å²) < 4.78 is 17.9. The van der Waals surface area contributed by atoms with Crippen LogP contribution in [0.1, 0.15) is 16.1 Å². The summed E-state index contributed by atoms with van der Waals surface area (Å²) in [5.74, 6) is 2.30. The van der Waals surface area contributed by atoms with Crippen LogP contribution in [0, 0.1) is 0 Å². The highest BCUT2D eigenvalue weighted by Gasteiger charge is 2.27. The lowest BCUT2D eigenvalue weighted by molar-refractivity contribution is 0.0619. The second kappa shape index (κ2) is 10.4. The minimum absolute atomic E-state index is 0.0464. The van der Waals surface area contributed by atoms with Gasteiger partial charge in [0.15, 0.2) is 11.5 Å². The first-order valence-corrected chi connectivity index (χ1v) is 12.9. The van der Waals surface area contributed by atoms with Gasteiger partial charge in [0.1, 0.15) is 11.4 Å². The Hall–Kier alpha value is -4.01. The van der Waals surface area contributed by atoms with Crippen molar-refractivity contribution in [2.24, 2.45) is 0 Å². The normalized spacial score (nSPS) is 15.1. The van der Waals surface area contributed by atoms with Crippen molar-refractivity contribution in [2.75, 3.05) is 40.1 Å². The first-order chi connectivity index (χ1) is 18.6. The Balaban J connectivity index is 1.20. The summed E-state index contributed by atoms with van der Waals surface area (Å²) in [6, 6.07) is 22.9. The first kappa shape index (κ1) is 24.3. The topological polar surface area (TPSA) is 69.1 Å². The fourth-order valence-electron chi connectivity index (χ4n) is 4.78. The number of ether oxygens (including phenoxy) is 3. The number of aromatic nitrogens is 2. The van der Waals surface area contributed by atoms with E-state index in [1.165, 1.54) is 5.56 Å². The molecule has 194 valence electrons. The van der Waals surface area contributed by atoms with E-state index in [2.05, 4.69) is 11.0 Å². The van der Waals surface area contributed by atoms with Crippen molar-refractivity contribution in [3.05, 3.63) is 89.1 Å². The summed E-state index contributed by atoms with van der Waals surface area (Å²) in [6.45, 7) is 3.89. The summed E-state index contributed by atoms with van der Waals surface area (Å²) in [7, 11) is 1.63. The molecule has 1 saturated heterocycles. The van der Waals surface area contributed by atoms with E-state index in [0.29, 0.717) is 29.5 Å². The third kappa shape index (κ3) is 4.92. The monoisotopic (exact) mass is 530 g/mol. The first-order valence-electron chi connectivity index (χ1n) is 12.5. The van der Waals surface area contributed by atoms with Gasteiger partial charge in [-0.15, -0.1) is 0 Å². The van der Waals surface area contributed by atoms with E-state index in [9.17, 15) is 4.79 Å². The smallest absolute Gasteiger partial charge is 0.272 e. The molecule has 0 atom stereocenters. The lowest BCUT2D eigenvalue weighted by Crippen LogP contribution is -2.48. The second-order valence-corrected chi connectivity index (χ2v) is 9.72. The fourth-order valence-corrected chi connectivity index (χ4v) is 4.91. The van der Waals surface area contributed by atoms with Crippen LogP contribution in [0.2, 0.25) is 5.02 Å². The molecule has 3 aromatic carbocycles. The number of benzene rings is 3. The Morgan fingerprint density at radius 2 is 1.66 bits per heavy atom. The number of hydrogen-bond donors (Lipinski definition) is 0. The van der Waals surface area contributed by atoms with E-state index < -0.39 is 0 Å². The molecule has 38 heavy (non-hydrogen) atoms. The summed E-state index contributed by atoms with van der Waals surface area (Å²) in [6.07, 6.45) is 0. The van der Waals surface area contributed by atoms with Crippen molar-refractivity contribution in [1.29, 1.82) is 0 Å². The van der Waals surface area contributed by atoms with Crippen molar-refractivity contribution in [2.45, 2.75) is 6.54 Å². The van der Waals surface area contributed by atoms with E-state index in [1.807, 2.05) is 59.5 Å². The lowest BCUT2D eigenvalue weighted by Gasteiger charge is -2.34. The molecule has 2 aliphatic heterocycles. The lowest BCUT2D eigenvalue weighted by atomic mass is 10.1. The van der Waals surface area contributed by atoms with E-state index in [1.54, 1.807) is 23.9 Å². The van der Waals surface area contributed by atoms with Crippen LogP contribution >= 0.6 is 11.6 Å². The molecule has 0 spiro atoms. The number of piperazine rings is 1. The third-order valence-electron chi connectivity index (χ3n) is 6.89. The SMILES string of the molecule is COc1ccc(-c2cc(C(=O)N3CCN(Cc4ccc5c(c4)OCO5)CC3)n(-c3ccc(Cl)cc3)n2)cc1. The van der Waals surface area contributed by atoms with Crippen molar-refractivity contribution >= 4 is 17.5 Å². The molecule has 0 unspecified atom stereocenters. The Morgan fingerprint density at radius 3 is 2.39 bits per heavy atom. The number of fused-ring (bicyclic) bond motifs is 1. The van der Waals surface area contributed by atoms with Gasteiger partial charge in [-0.05, 0) is 72.3 Å². The number of rotatable bonds is 6. The van der Waals surface area contributed by atoms with Crippen molar-refractivity contribution in [3.8, 4) is 34.2 Å². The van der Waals surface area contributed by atoms with Gasteiger partial charge in [0.05, 0.1) is 18.5 Å². The van der Waals surface area contributed by atoms with Gasteiger partial charge in [-0.3, -0.25) is 9.69 Å². The fraction of sp³-hybridized carbons (Fsp3) is 0.241. The van der Waals surface area contributed by atoms with E-state index >= 15 is 0 Å². The molecule has 9 heteroatoms. The van der Waals surface area contributed by atoms with Crippen molar-refractivity contribution in [3.63, 3.8) is 0 Å². The molecular formula is C29H27ClN4O4.